The van der Waals surface area contributed by atoms with Crippen LogP contribution in [0, 0.1) is 11.6 Å². The highest BCUT2D eigenvalue weighted by atomic mass is 19.1. The normalized spacial score (nSPS) is 12.2. The number of Topliss-reactive ketones (excluding diaryl/α,β-unsaturated/α-hetero) is 1. The van der Waals surface area contributed by atoms with Crippen LogP contribution in [0.5, 0.6) is 0 Å². The third kappa shape index (κ3) is 3.27. The van der Waals surface area contributed by atoms with Gasteiger partial charge in [-0.3, -0.25) is 4.79 Å². The minimum atomic E-state index is -0.830. The zero-order valence-electron chi connectivity index (χ0n) is 10.9. The van der Waals surface area contributed by atoms with E-state index < -0.39 is 23.0 Å². The summed E-state index contributed by atoms with van der Waals surface area (Å²) in [5.41, 5.74) is 6.38. The van der Waals surface area contributed by atoms with Crippen molar-refractivity contribution >= 4 is 5.78 Å². The van der Waals surface area contributed by atoms with Crippen LogP contribution in [0.25, 0.3) is 0 Å². The van der Waals surface area contributed by atoms with Crippen molar-refractivity contribution in [1.82, 2.24) is 0 Å². The summed E-state index contributed by atoms with van der Waals surface area (Å²) >= 11 is 0. The first-order valence-electron chi connectivity index (χ1n) is 6.37. The lowest BCUT2D eigenvalue weighted by atomic mass is 9.98. The van der Waals surface area contributed by atoms with Crippen LogP contribution in [0.2, 0.25) is 0 Å². The lowest BCUT2D eigenvalue weighted by Gasteiger charge is -2.11. The molecule has 0 spiro atoms. The molecule has 0 aliphatic rings. The molecule has 0 fully saturated rings. The SMILES string of the molecule is NC(CCC(=O)c1c(F)cccc1F)c1ccccc1. The fourth-order valence-electron chi connectivity index (χ4n) is 2.04. The Morgan fingerprint density at radius 3 is 2.20 bits per heavy atom. The molecule has 0 saturated carbocycles. The molecular formula is C16H15F2NO. The van der Waals surface area contributed by atoms with Gasteiger partial charge in [-0.05, 0) is 24.1 Å². The van der Waals surface area contributed by atoms with Gasteiger partial charge in [0.15, 0.2) is 5.78 Å². The predicted octanol–water partition coefficient (Wildman–Crippen LogP) is 3.63. The Kier molecular flexibility index (Phi) is 4.58. The van der Waals surface area contributed by atoms with E-state index in [-0.39, 0.29) is 12.5 Å². The first-order valence-corrected chi connectivity index (χ1v) is 6.37. The molecule has 2 rings (SSSR count). The number of hydrogen-bond acceptors (Lipinski definition) is 2. The van der Waals surface area contributed by atoms with E-state index in [1.165, 1.54) is 6.07 Å². The summed E-state index contributed by atoms with van der Waals surface area (Å²) < 4.78 is 26.9. The van der Waals surface area contributed by atoms with E-state index in [0.717, 1.165) is 17.7 Å². The number of carbonyl (C=O) groups is 1. The second-order valence-electron chi connectivity index (χ2n) is 4.58. The quantitative estimate of drug-likeness (QED) is 0.847. The van der Waals surface area contributed by atoms with E-state index in [4.69, 9.17) is 5.73 Å². The summed E-state index contributed by atoms with van der Waals surface area (Å²) in [6, 6.07) is 12.4. The maximum atomic E-state index is 13.5. The third-order valence-electron chi connectivity index (χ3n) is 3.15. The minimum Gasteiger partial charge on any atom is -0.324 e. The van der Waals surface area contributed by atoms with E-state index in [1.807, 2.05) is 30.3 Å². The molecule has 20 heavy (non-hydrogen) atoms. The number of carbonyl (C=O) groups excluding carboxylic acids is 1. The topological polar surface area (TPSA) is 43.1 Å². The molecule has 1 unspecified atom stereocenters. The van der Waals surface area contributed by atoms with Gasteiger partial charge in [0, 0.05) is 12.5 Å². The van der Waals surface area contributed by atoms with E-state index in [0.29, 0.717) is 6.42 Å². The van der Waals surface area contributed by atoms with Gasteiger partial charge >= 0.3 is 0 Å². The highest BCUT2D eigenvalue weighted by Gasteiger charge is 2.18. The number of rotatable bonds is 5. The average Bonchev–Trinajstić information content (AvgIpc) is 2.45. The first kappa shape index (κ1) is 14.3. The average molecular weight is 275 g/mol. The fourth-order valence-corrected chi connectivity index (χ4v) is 2.04. The molecule has 2 aromatic carbocycles. The van der Waals surface area contributed by atoms with E-state index in [9.17, 15) is 13.6 Å². The molecule has 4 heteroatoms. The van der Waals surface area contributed by atoms with Crippen LogP contribution in [0.1, 0.15) is 34.8 Å². The zero-order valence-corrected chi connectivity index (χ0v) is 10.9. The third-order valence-corrected chi connectivity index (χ3v) is 3.15. The maximum Gasteiger partial charge on any atom is 0.168 e. The maximum absolute atomic E-state index is 13.5. The molecule has 1 atom stereocenters. The van der Waals surface area contributed by atoms with Gasteiger partial charge in [-0.1, -0.05) is 36.4 Å². The van der Waals surface area contributed by atoms with Gasteiger partial charge < -0.3 is 5.73 Å². The van der Waals surface area contributed by atoms with Crippen LogP contribution in [0.15, 0.2) is 48.5 Å². The van der Waals surface area contributed by atoms with Crippen molar-refractivity contribution in [3.8, 4) is 0 Å². The molecule has 0 amide bonds. The summed E-state index contributed by atoms with van der Waals surface area (Å²) in [5, 5.41) is 0. The smallest absolute Gasteiger partial charge is 0.168 e. The Balaban J connectivity index is 2.03. The lowest BCUT2D eigenvalue weighted by molar-refractivity contribution is 0.0969. The monoisotopic (exact) mass is 275 g/mol. The Hall–Kier alpha value is -2.07. The fraction of sp³-hybridized carbons (Fsp3) is 0.188. The summed E-state index contributed by atoms with van der Waals surface area (Å²) in [4.78, 5) is 11.9. The van der Waals surface area contributed by atoms with E-state index >= 15 is 0 Å². The van der Waals surface area contributed by atoms with Gasteiger partial charge in [-0.2, -0.15) is 0 Å². The van der Waals surface area contributed by atoms with Gasteiger partial charge in [0.05, 0.1) is 5.56 Å². The molecule has 0 saturated heterocycles. The number of nitrogens with two attached hydrogens (primary N) is 1. The zero-order chi connectivity index (χ0) is 14.5. The Labute approximate surface area is 116 Å². The van der Waals surface area contributed by atoms with Gasteiger partial charge in [0.1, 0.15) is 11.6 Å². The van der Waals surface area contributed by atoms with E-state index in [1.54, 1.807) is 0 Å². The first-order chi connectivity index (χ1) is 9.59. The van der Waals surface area contributed by atoms with Crippen LogP contribution in [0.4, 0.5) is 8.78 Å². The van der Waals surface area contributed by atoms with Crippen molar-refractivity contribution in [2.45, 2.75) is 18.9 Å². The lowest BCUT2D eigenvalue weighted by Crippen LogP contribution is -2.13. The summed E-state index contributed by atoms with van der Waals surface area (Å²) in [5.74, 6) is -2.22. The van der Waals surface area contributed by atoms with Gasteiger partial charge in [0.2, 0.25) is 0 Å². The highest BCUT2D eigenvalue weighted by molar-refractivity contribution is 5.96. The van der Waals surface area contributed by atoms with Crippen LogP contribution in [-0.2, 0) is 0 Å². The van der Waals surface area contributed by atoms with Crippen LogP contribution in [-0.4, -0.2) is 5.78 Å². The molecule has 2 aromatic rings. The van der Waals surface area contributed by atoms with Crippen LogP contribution >= 0.6 is 0 Å². The molecule has 2 nitrogen and oxygen atoms in total. The van der Waals surface area contributed by atoms with Crippen molar-refractivity contribution in [3.63, 3.8) is 0 Å². The van der Waals surface area contributed by atoms with Gasteiger partial charge in [-0.15, -0.1) is 0 Å². The van der Waals surface area contributed by atoms with E-state index in [2.05, 4.69) is 0 Å². The summed E-state index contributed by atoms with van der Waals surface area (Å²) in [6.07, 6.45) is 0.352. The molecule has 0 aliphatic carbocycles. The van der Waals surface area contributed by atoms with Gasteiger partial charge in [0.25, 0.3) is 0 Å². The summed E-state index contributed by atoms with van der Waals surface area (Å²) in [7, 11) is 0. The Morgan fingerprint density at radius 2 is 1.60 bits per heavy atom. The van der Waals surface area contributed by atoms with Gasteiger partial charge in [-0.25, -0.2) is 8.78 Å². The number of ketones is 1. The number of hydrogen-bond donors (Lipinski definition) is 1. The molecule has 0 heterocycles. The molecular weight excluding hydrogens is 260 g/mol. The highest BCUT2D eigenvalue weighted by Crippen LogP contribution is 2.19. The summed E-state index contributed by atoms with van der Waals surface area (Å²) in [6.45, 7) is 0. The molecule has 2 N–H and O–H groups in total. The van der Waals surface area contributed by atoms with Crippen molar-refractivity contribution in [3.05, 3.63) is 71.3 Å². The predicted molar refractivity (Wildman–Crippen MR) is 73.3 cm³/mol. The standard InChI is InChI=1S/C16H15F2NO/c17-12-7-4-8-13(18)16(12)15(20)10-9-14(19)11-5-2-1-3-6-11/h1-8,14H,9-10,19H2. The number of benzene rings is 2. The minimum absolute atomic E-state index is 0.00785. The Morgan fingerprint density at radius 1 is 1.00 bits per heavy atom. The second-order valence-corrected chi connectivity index (χ2v) is 4.58. The number of halogens is 2. The molecule has 0 aliphatic heterocycles. The molecule has 0 bridgehead atoms. The van der Waals surface area contributed by atoms with Crippen LogP contribution in [0.3, 0.4) is 0 Å². The molecule has 104 valence electrons. The largest absolute Gasteiger partial charge is 0.324 e. The van der Waals surface area contributed by atoms with Crippen molar-refractivity contribution < 1.29 is 13.6 Å². The second kappa shape index (κ2) is 6.39. The molecule has 0 radical (unpaired) electrons. The molecule has 0 aromatic heterocycles. The van der Waals surface area contributed by atoms with Crippen LogP contribution < -0.4 is 5.73 Å². The van der Waals surface area contributed by atoms with Crippen molar-refractivity contribution in [2.75, 3.05) is 0 Å². The Bertz CT molecular complexity index is 578. The van der Waals surface area contributed by atoms with Crippen molar-refractivity contribution in [1.29, 1.82) is 0 Å². The van der Waals surface area contributed by atoms with Crippen molar-refractivity contribution in [2.24, 2.45) is 5.73 Å².